The molecule has 1 unspecified atom stereocenters. The van der Waals surface area contributed by atoms with Crippen LogP contribution in [0, 0.1) is 0 Å². The fourth-order valence-corrected chi connectivity index (χ4v) is 2.05. The Balaban J connectivity index is 2.07. The van der Waals surface area contributed by atoms with Gasteiger partial charge in [0.15, 0.2) is 0 Å². The first kappa shape index (κ1) is 10.3. The summed E-state index contributed by atoms with van der Waals surface area (Å²) in [6.07, 6.45) is 4.34. The molecule has 15 heavy (non-hydrogen) atoms. The van der Waals surface area contributed by atoms with Gasteiger partial charge in [0.1, 0.15) is 5.76 Å². The number of nitrogens with one attached hydrogen (secondary N) is 1. The van der Waals surface area contributed by atoms with Crippen molar-refractivity contribution in [2.24, 2.45) is 0 Å². The van der Waals surface area contributed by atoms with Crippen molar-refractivity contribution >= 4 is 11.5 Å². The van der Waals surface area contributed by atoms with Crippen LogP contribution in [-0.2, 0) is 6.42 Å². The van der Waals surface area contributed by atoms with Crippen LogP contribution in [0.15, 0.2) is 29.0 Å². The third kappa shape index (κ3) is 2.64. The molecule has 0 bridgehead atoms. The number of furan rings is 1. The van der Waals surface area contributed by atoms with Crippen LogP contribution in [0.1, 0.15) is 23.6 Å². The lowest BCUT2D eigenvalue weighted by molar-refractivity contribution is 0.458. The summed E-state index contributed by atoms with van der Waals surface area (Å²) in [6, 6.07) is 4.14. The highest BCUT2D eigenvalue weighted by molar-refractivity contribution is 7.05. The first-order chi connectivity index (χ1) is 7.40. The summed E-state index contributed by atoms with van der Waals surface area (Å²) in [4.78, 5) is 1.15. The van der Waals surface area contributed by atoms with E-state index >= 15 is 0 Å². The van der Waals surface area contributed by atoms with Crippen molar-refractivity contribution in [2.75, 3.05) is 6.54 Å². The molecule has 0 fully saturated rings. The lowest BCUT2D eigenvalue weighted by atomic mass is 10.1. The zero-order valence-electron chi connectivity index (χ0n) is 8.51. The quantitative estimate of drug-likeness (QED) is 0.842. The molecule has 0 aromatic carbocycles. The molecular formula is C10H13N3OS. The molecule has 2 aromatic rings. The molecule has 0 saturated heterocycles. The Kier molecular flexibility index (Phi) is 3.47. The zero-order valence-corrected chi connectivity index (χ0v) is 9.33. The minimum atomic E-state index is 0.251. The molecule has 0 aliphatic rings. The highest BCUT2D eigenvalue weighted by Gasteiger charge is 2.14. The topological polar surface area (TPSA) is 51.0 Å². The number of nitrogens with zero attached hydrogens (tertiary/aromatic N) is 2. The van der Waals surface area contributed by atoms with E-state index in [0.717, 1.165) is 23.6 Å². The number of hydrogen-bond acceptors (Lipinski definition) is 5. The minimum Gasteiger partial charge on any atom is -0.469 e. The van der Waals surface area contributed by atoms with E-state index in [-0.39, 0.29) is 6.04 Å². The lowest BCUT2D eigenvalue weighted by Crippen LogP contribution is -2.21. The summed E-state index contributed by atoms with van der Waals surface area (Å²) in [5.41, 5.74) is 0. The zero-order chi connectivity index (χ0) is 10.5. The molecular weight excluding hydrogens is 210 g/mol. The molecule has 0 saturated carbocycles. The number of likely N-dealkylation sites (N-methyl/N-ethyl adjacent to an activating group) is 1. The van der Waals surface area contributed by atoms with Crippen molar-refractivity contribution in [2.45, 2.75) is 19.4 Å². The predicted molar refractivity (Wildman–Crippen MR) is 58.7 cm³/mol. The molecule has 0 aliphatic carbocycles. The van der Waals surface area contributed by atoms with Gasteiger partial charge in [0.05, 0.1) is 23.4 Å². The van der Waals surface area contributed by atoms with Gasteiger partial charge in [-0.3, -0.25) is 0 Å². The van der Waals surface area contributed by atoms with Gasteiger partial charge in [-0.15, -0.1) is 5.10 Å². The van der Waals surface area contributed by atoms with Crippen LogP contribution < -0.4 is 5.32 Å². The predicted octanol–water partition coefficient (Wildman–Crippen LogP) is 2.02. The van der Waals surface area contributed by atoms with Gasteiger partial charge in [0.2, 0.25) is 0 Å². The van der Waals surface area contributed by atoms with E-state index < -0.39 is 0 Å². The van der Waals surface area contributed by atoms with Crippen molar-refractivity contribution in [1.29, 1.82) is 0 Å². The van der Waals surface area contributed by atoms with Gasteiger partial charge in [0, 0.05) is 6.42 Å². The molecule has 0 aliphatic heterocycles. The second-order valence-corrected chi connectivity index (χ2v) is 4.03. The molecule has 0 radical (unpaired) electrons. The normalized spacial score (nSPS) is 12.9. The van der Waals surface area contributed by atoms with Crippen molar-refractivity contribution < 1.29 is 4.42 Å². The monoisotopic (exact) mass is 223 g/mol. The maximum absolute atomic E-state index is 5.33. The molecule has 2 aromatic heterocycles. The second-order valence-electron chi connectivity index (χ2n) is 3.21. The van der Waals surface area contributed by atoms with E-state index in [0.29, 0.717) is 0 Å². The van der Waals surface area contributed by atoms with E-state index in [1.807, 2.05) is 12.1 Å². The van der Waals surface area contributed by atoms with Crippen LogP contribution >= 0.6 is 11.5 Å². The summed E-state index contributed by atoms with van der Waals surface area (Å²) >= 11 is 1.43. The van der Waals surface area contributed by atoms with Gasteiger partial charge in [-0.25, -0.2) is 0 Å². The largest absolute Gasteiger partial charge is 0.469 e. The molecule has 2 heterocycles. The fourth-order valence-electron chi connectivity index (χ4n) is 1.48. The summed E-state index contributed by atoms with van der Waals surface area (Å²) in [6.45, 7) is 3.01. The summed E-state index contributed by atoms with van der Waals surface area (Å²) in [5, 5.41) is 7.25. The highest BCUT2D eigenvalue weighted by atomic mass is 32.1. The maximum atomic E-state index is 5.33. The summed E-state index contributed by atoms with van der Waals surface area (Å²) in [5.74, 6) is 0.981. The van der Waals surface area contributed by atoms with Crippen LogP contribution in [0.25, 0.3) is 0 Å². The van der Waals surface area contributed by atoms with Crippen molar-refractivity contribution in [3.63, 3.8) is 0 Å². The Morgan fingerprint density at radius 3 is 3.13 bits per heavy atom. The standard InChI is InChI=1S/C10H13N3OS/c1-2-11-9(10-7-12-13-15-10)6-8-4-3-5-14-8/h3-5,7,9,11H,2,6H2,1H3. The van der Waals surface area contributed by atoms with Gasteiger partial charge in [-0.05, 0) is 30.2 Å². The van der Waals surface area contributed by atoms with Crippen LogP contribution in [-0.4, -0.2) is 16.1 Å². The Bertz CT molecular complexity index is 371. The summed E-state index contributed by atoms with van der Waals surface area (Å²) < 4.78 is 9.21. The van der Waals surface area contributed by atoms with Crippen LogP contribution in [0.5, 0.6) is 0 Å². The van der Waals surface area contributed by atoms with E-state index in [9.17, 15) is 0 Å². The minimum absolute atomic E-state index is 0.251. The first-order valence-electron chi connectivity index (χ1n) is 4.93. The van der Waals surface area contributed by atoms with E-state index in [1.165, 1.54) is 11.5 Å². The second kappa shape index (κ2) is 5.04. The van der Waals surface area contributed by atoms with Crippen molar-refractivity contribution in [1.82, 2.24) is 14.9 Å². The SMILES string of the molecule is CCNC(Cc1ccco1)c1cnns1. The Morgan fingerprint density at radius 2 is 2.53 bits per heavy atom. The molecule has 2 rings (SSSR count). The molecule has 5 heteroatoms. The highest BCUT2D eigenvalue weighted by Crippen LogP contribution is 2.20. The first-order valence-corrected chi connectivity index (χ1v) is 5.70. The number of rotatable bonds is 5. The number of hydrogen-bond donors (Lipinski definition) is 1. The van der Waals surface area contributed by atoms with Crippen LogP contribution in [0.3, 0.4) is 0 Å². The lowest BCUT2D eigenvalue weighted by Gasteiger charge is -2.13. The van der Waals surface area contributed by atoms with Gasteiger partial charge >= 0.3 is 0 Å². The average molecular weight is 223 g/mol. The van der Waals surface area contributed by atoms with E-state index in [2.05, 4.69) is 21.8 Å². The Labute approximate surface area is 92.5 Å². The number of aromatic nitrogens is 2. The van der Waals surface area contributed by atoms with Gasteiger partial charge in [0.25, 0.3) is 0 Å². The van der Waals surface area contributed by atoms with Crippen LogP contribution in [0.4, 0.5) is 0 Å². The third-order valence-corrected chi connectivity index (χ3v) is 2.93. The van der Waals surface area contributed by atoms with Crippen molar-refractivity contribution in [3.05, 3.63) is 35.2 Å². The Morgan fingerprint density at radius 1 is 1.60 bits per heavy atom. The molecule has 1 atom stereocenters. The smallest absolute Gasteiger partial charge is 0.105 e. The van der Waals surface area contributed by atoms with Crippen molar-refractivity contribution in [3.8, 4) is 0 Å². The van der Waals surface area contributed by atoms with Gasteiger partial charge in [-0.2, -0.15) is 0 Å². The van der Waals surface area contributed by atoms with Gasteiger partial charge in [-0.1, -0.05) is 11.4 Å². The maximum Gasteiger partial charge on any atom is 0.105 e. The molecule has 80 valence electrons. The van der Waals surface area contributed by atoms with E-state index in [1.54, 1.807) is 12.5 Å². The summed E-state index contributed by atoms with van der Waals surface area (Å²) in [7, 11) is 0. The van der Waals surface area contributed by atoms with Gasteiger partial charge < -0.3 is 9.73 Å². The van der Waals surface area contributed by atoms with Crippen LogP contribution in [0.2, 0.25) is 0 Å². The molecule has 1 N–H and O–H groups in total. The van der Waals surface area contributed by atoms with E-state index in [4.69, 9.17) is 4.42 Å². The fraction of sp³-hybridized carbons (Fsp3) is 0.400. The Hall–Kier alpha value is -1.20. The molecule has 0 amide bonds. The average Bonchev–Trinajstić information content (AvgIpc) is 2.89. The molecule has 0 spiro atoms. The molecule has 4 nitrogen and oxygen atoms in total. The third-order valence-electron chi connectivity index (χ3n) is 2.16.